The first-order valence-corrected chi connectivity index (χ1v) is 12.3. The third kappa shape index (κ3) is 9.46. The number of quaternary nitrogens is 1. The van der Waals surface area contributed by atoms with Crippen LogP contribution in [0.25, 0.3) is 0 Å². The number of piperazine rings is 2. The van der Waals surface area contributed by atoms with Crippen molar-refractivity contribution in [1.29, 1.82) is 0 Å². The van der Waals surface area contributed by atoms with Crippen molar-refractivity contribution in [2.75, 3.05) is 62.2 Å². The number of anilines is 2. The maximum Gasteiger partial charge on any atom is 0.410 e. The lowest BCUT2D eigenvalue weighted by molar-refractivity contribution is -0.655. The molecule has 4 rings (SSSR count). The highest BCUT2D eigenvalue weighted by Gasteiger charge is 2.26. The van der Waals surface area contributed by atoms with Gasteiger partial charge in [0.15, 0.2) is 0 Å². The van der Waals surface area contributed by atoms with E-state index < -0.39 is 18.5 Å². The van der Waals surface area contributed by atoms with Gasteiger partial charge in [-0.3, -0.25) is 9.97 Å². The van der Waals surface area contributed by atoms with E-state index in [1.54, 1.807) is 17.0 Å². The zero-order valence-corrected chi connectivity index (χ0v) is 22.6. The number of amides is 1. The molecule has 1 amide bonds. The van der Waals surface area contributed by atoms with Crippen LogP contribution >= 0.6 is 0 Å². The van der Waals surface area contributed by atoms with Crippen LogP contribution in [0.15, 0.2) is 36.7 Å². The average Bonchev–Trinajstić information content (AvgIpc) is 2.89. The molecule has 212 valence electrons. The summed E-state index contributed by atoms with van der Waals surface area (Å²) in [6, 6.07) is 6.09. The minimum atomic E-state index is -2.56. The van der Waals surface area contributed by atoms with Gasteiger partial charge in [0.1, 0.15) is 17.0 Å². The second kappa shape index (κ2) is 14.3. The molecule has 8 nitrogen and oxygen atoms in total. The van der Waals surface area contributed by atoms with E-state index in [9.17, 15) is 22.4 Å². The highest BCUT2D eigenvalue weighted by molar-refractivity contribution is 5.68. The van der Waals surface area contributed by atoms with Gasteiger partial charge in [0, 0.05) is 26.2 Å². The number of hydrogen-bond acceptors (Lipinski definition) is 6. The van der Waals surface area contributed by atoms with Crippen molar-refractivity contribution in [2.24, 2.45) is 0 Å². The molecule has 0 saturated carbocycles. The second-order valence-corrected chi connectivity index (χ2v) is 9.79. The smallest absolute Gasteiger partial charge is 0.410 e. The number of hydrogen-bond donors (Lipinski definition) is 1. The van der Waals surface area contributed by atoms with Crippen LogP contribution in [-0.2, 0) is 4.74 Å². The Morgan fingerprint density at radius 2 is 1.26 bits per heavy atom. The molecule has 38 heavy (non-hydrogen) atoms. The van der Waals surface area contributed by atoms with Gasteiger partial charge in [-0.05, 0) is 45.0 Å². The topological polar surface area (TPSA) is 78.4 Å². The molecule has 2 aromatic rings. The first-order valence-electron chi connectivity index (χ1n) is 12.3. The molecule has 2 N–H and O–H groups in total. The number of aromatic nitrogens is 2. The lowest BCUT2D eigenvalue weighted by Gasteiger charge is -2.36. The fourth-order valence-corrected chi connectivity index (χ4v) is 3.91. The van der Waals surface area contributed by atoms with Gasteiger partial charge in [0.05, 0.1) is 49.9 Å². The maximum absolute atomic E-state index is 12.5. The Kier molecular flexibility index (Phi) is 11.8. The van der Waals surface area contributed by atoms with Crippen molar-refractivity contribution in [3.05, 3.63) is 48.0 Å². The second-order valence-electron chi connectivity index (χ2n) is 9.79. The fraction of sp³-hybridized carbons (Fsp3) is 0.560. The number of carbonyl (C=O) groups excluding carboxylic acids is 1. The Morgan fingerprint density at radius 1 is 0.816 bits per heavy atom. The Morgan fingerprint density at radius 3 is 1.63 bits per heavy atom. The average molecular weight is 563 g/mol. The Hall–Kier alpha value is -2.86. The Bertz CT molecular complexity index is 979. The lowest BCUT2D eigenvalue weighted by atomic mass is 10.2. The van der Waals surface area contributed by atoms with Crippen LogP contribution in [0.2, 0.25) is 0 Å². The highest BCUT2D eigenvalue weighted by atomic mass is 35.5. The molecule has 2 aliphatic rings. The fourth-order valence-electron chi connectivity index (χ4n) is 3.91. The summed E-state index contributed by atoms with van der Waals surface area (Å²) in [6.45, 7) is 11.8. The molecule has 4 heterocycles. The van der Waals surface area contributed by atoms with Crippen molar-refractivity contribution in [3.8, 4) is 0 Å². The zero-order chi connectivity index (χ0) is 27.0. The maximum atomic E-state index is 12.5. The van der Waals surface area contributed by atoms with Crippen molar-refractivity contribution in [2.45, 2.75) is 39.2 Å². The number of nitrogens with two attached hydrogens (primary N) is 1. The SMILES string of the molecule is CC(C)(C)OC(=O)N1CCN(c2ccc(C(F)F)nc2)CC1.FC(F)c1ccc(N2CC[NH2+]CC2)cn1.[Cl-]. The number of pyridine rings is 2. The molecule has 13 heteroatoms. The number of ether oxygens (including phenoxy) is 1. The quantitative estimate of drug-likeness (QED) is 0.547. The summed E-state index contributed by atoms with van der Waals surface area (Å²) >= 11 is 0. The first kappa shape index (κ1) is 31.4. The van der Waals surface area contributed by atoms with Crippen molar-refractivity contribution >= 4 is 17.5 Å². The van der Waals surface area contributed by atoms with Gasteiger partial charge in [-0.1, -0.05) is 0 Å². The number of nitrogens with zero attached hydrogens (tertiary/aromatic N) is 5. The number of halogens is 5. The molecule has 0 radical (unpaired) electrons. The van der Waals surface area contributed by atoms with Gasteiger partial charge < -0.3 is 37.2 Å². The van der Waals surface area contributed by atoms with E-state index in [2.05, 4.69) is 20.2 Å². The predicted octanol–water partition coefficient (Wildman–Crippen LogP) is 0.483. The molecule has 2 fully saturated rings. The molecule has 2 aliphatic heterocycles. The lowest BCUT2D eigenvalue weighted by Crippen LogP contribution is -3.00. The molecule has 0 aromatic carbocycles. The van der Waals surface area contributed by atoms with E-state index in [1.807, 2.05) is 25.7 Å². The summed E-state index contributed by atoms with van der Waals surface area (Å²) in [5.74, 6) is 0. The number of alkyl halides is 4. The van der Waals surface area contributed by atoms with Crippen molar-refractivity contribution < 1.29 is 44.8 Å². The largest absolute Gasteiger partial charge is 1.00 e. The van der Waals surface area contributed by atoms with Crippen LogP contribution in [0.5, 0.6) is 0 Å². The molecule has 0 unspecified atom stereocenters. The van der Waals surface area contributed by atoms with Crippen LogP contribution < -0.4 is 27.5 Å². The van der Waals surface area contributed by atoms with E-state index in [0.29, 0.717) is 26.2 Å². The molecule has 0 atom stereocenters. The summed E-state index contributed by atoms with van der Waals surface area (Å²) in [7, 11) is 0. The van der Waals surface area contributed by atoms with Crippen LogP contribution in [0.1, 0.15) is 45.0 Å². The zero-order valence-electron chi connectivity index (χ0n) is 21.8. The Balaban J connectivity index is 0.000000277. The predicted molar refractivity (Wildman–Crippen MR) is 132 cm³/mol. The van der Waals surface area contributed by atoms with Gasteiger partial charge in [-0.2, -0.15) is 0 Å². The van der Waals surface area contributed by atoms with E-state index in [1.165, 1.54) is 24.5 Å². The van der Waals surface area contributed by atoms with Gasteiger partial charge in [0.25, 0.3) is 12.9 Å². The molecule has 0 aliphatic carbocycles. The van der Waals surface area contributed by atoms with Crippen LogP contribution in [0.4, 0.5) is 33.7 Å². The van der Waals surface area contributed by atoms with E-state index in [4.69, 9.17) is 4.74 Å². The van der Waals surface area contributed by atoms with Crippen LogP contribution in [0, 0.1) is 0 Å². The Labute approximate surface area is 226 Å². The molecular weight excluding hydrogens is 528 g/mol. The normalized spacial score (nSPS) is 16.1. The molecule has 0 bridgehead atoms. The van der Waals surface area contributed by atoms with Gasteiger partial charge in [0.2, 0.25) is 0 Å². The molecule has 2 aromatic heterocycles. The summed E-state index contributed by atoms with van der Waals surface area (Å²) < 4.78 is 54.8. The van der Waals surface area contributed by atoms with Crippen molar-refractivity contribution in [1.82, 2.24) is 14.9 Å². The van der Waals surface area contributed by atoms with Crippen LogP contribution in [0.3, 0.4) is 0 Å². The monoisotopic (exact) mass is 562 g/mol. The number of carbonyl (C=O) groups is 1. The van der Waals surface area contributed by atoms with E-state index in [-0.39, 0.29) is 29.9 Å². The molecular formula is C25H35ClF4N6O2. The van der Waals surface area contributed by atoms with Crippen LogP contribution in [-0.4, -0.2) is 78.9 Å². The third-order valence-corrected chi connectivity index (χ3v) is 5.86. The third-order valence-electron chi connectivity index (χ3n) is 5.86. The van der Waals surface area contributed by atoms with E-state index >= 15 is 0 Å². The van der Waals surface area contributed by atoms with Gasteiger partial charge >= 0.3 is 6.09 Å². The van der Waals surface area contributed by atoms with E-state index in [0.717, 1.165) is 37.6 Å². The van der Waals surface area contributed by atoms with Gasteiger partial charge in [-0.25, -0.2) is 22.4 Å². The summed E-state index contributed by atoms with van der Waals surface area (Å²) in [5, 5.41) is 2.25. The number of rotatable bonds is 4. The minimum Gasteiger partial charge on any atom is -1.00 e. The summed E-state index contributed by atoms with van der Waals surface area (Å²) in [6.07, 6.45) is -2.37. The molecule has 2 saturated heterocycles. The highest BCUT2D eigenvalue weighted by Crippen LogP contribution is 2.22. The van der Waals surface area contributed by atoms with Gasteiger partial charge in [-0.15, -0.1) is 0 Å². The summed E-state index contributed by atoms with van der Waals surface area (Å²) in [4.78, 5) is 25.3. The standard InChI is InChI=1S/C15H21F2N3O2.C10H13F2N3.ClH/c1-15(2,3)22-14(21)20-8-6-19(7-9-20)11-4-5-12(13(16)17)18-10-11;11-10(12)9-2-1-8(7-14-9)15-5-3-13-4-6-15;/h4-5,10,13H,6-9H2,1-3H3;1-2,7,10,13H,3-6H2;1H. The summed E-state index contributed by atoms with van der Waals surface area (Å²) in [5.41, 5.74) is 0.836. The minimum absolute atomic E-state index is 0. The molecule has 0 spiro atoms. The first-order chi connectivity index (χ1) is 17.5. The van der Waals surface area contributed by atoms with Crippen molar-refractivity contribution in [3.63, 3.8) is 0 Å².